The van der Waals surface area contributed by atoms with E-state index in [0.717, 1.165) is 17.7 Å². The topological polar surface area (TPSA) is 48.6 Å². The third-order valence-corrected chi connectivity index (χ3v) is 7.00. The van der Waals surface area contributed by atoms with Crippen LogP contribution in [0.5, 0.6) is 11.5 Å². The summed E-state index contributed by atoms with van der Waals surface area (Å²) in [4.78, 5) is 15.9. The van der Waals surface area contributed by atoms with Gasteiger partial charge in [0.15, 0.2) is 0 Å². The number of nitrogens with zero attached hydrogens (tertiary/aromatic N) is 3. The SMILES string of the molecule is COc1cccc2c1n(Cc1c(F)cc(F)cc1OC(C)C)c(=O)n2[C@@H]1CCN(c2c(C)cccc2F)C1. The van der Waals surface area contributed by atoms with Gasteiger partial charge in [0.05, 0.1) is 37.0 Å². The molecule has 9 heteroatoms. The number of aryl methyl sites for hydroxylation is 1. The molecule has 5 rings (SSSR count). The van der Waals surface area contributed by atoms with Crippen LogP contribution in [0.4, 0.5) is 18.9 Å². The lowest BCUT2D eigenvalue weighted by Gasteiger charge is -2.21. The summed E-state index contributed by atoms with van der Waals surface area (Å²) >= 11 is 0. The molecule has 0 amide bonds. The number of hydrogen-bond donors (Lipinski definition) is 0. The summed E-state index contributed by atoms with van der Waals surface area (Å²) in [6, 6.07) is 12.0. The molecular weight excluding hydrogens is 495 g/mol. The molecule has 4 aromatic rings. The van der Waals surface area contributed by atoms with Crippen LogP contribution in [0.1, 0.15) is 37.4 Å². The summed E-state index contributed by atoms with van der Waals surface area (Å²) in [6.07, 6.45) is 0.297. The van der Waals surface area contributed by atoms with E-state index in [1.54, 1.807) is 36.6 Å². The van der Waals surface area contributed by atoms with E-state index in [9.17, 15) is 13.6 Å². The van der Waals surface area contributed by atoms with Gasteiger partial charge in [-0.1, -0.05) is 18.2 Å². The second-order valence-electron chi connectivity index (χ2n) is 9.89. The van der Waals surface area contributed by atoms with E-state index in [1.165, 1.54) is 17.7 Å². The molecule has 1 fully saturated rings. The maximum Gasteiger partial charge on any atom is 0.329 e. The minimum absolute atomic E-state index is 0.0438. The Kier molecular flexibility index (Phi) is 6.86. The molecular formula is C29H30F3N3O3. The fourth-order valence-electron chi connectivity index (χ4n) is 5.40. The molecule has 1 aliphatic rings. The van der Waals surface area contributed by atoms with Gasteiger partial charge in [0.25, 0.3) is 0 Å². The highest BCUT2D eigenvalue weighted by Gasteiger charge is 2.31. The van der Waals surface area contributed by atoms with Gasteiger partial charge in [0.1, 0.15) is 34.5 Å². The maximum atomic E-state index is 15.1. The molecule has 0 N–H and O–H groups in total. The Morgan fingerprint density at radius 3 is 2.50 bits per heavy atom. The molecule has 0 aliphatic carbocycles. The largest absolute Gasteiger partial charge is 0.494 e. The molecule has 0 radical (unpaired) electrons. The lowest BCUT2D eigenvalue weighted by atomic mass is 10.1. The van der Waals surface area contributed by atoms with Crippen LogP contribution in [0, 0.1) is 24.4 Å². The molecule has 0 bridgehead atoms. The number of fused-ring (bicyclic) bond motifs is 1. The van der Waals surface area contributed by atoms with Crippen LogP contribution in [-0.2, 0) is 6.54 Å². The summed E-state index contributed by atoms with van der Waals surface area (Å²) in [7, 11) is 1.50. The molecule has 0 unspecified atom stereocenters. The van der Waals surface area contributed by atoms with Crippen LogP contribution in [-0.4, -0.2) is 35.4 Å². The number of hydrogen-bond acceptors (Lipinski definition) is 4. The van der Waals surface area contributed by atoms with E-state index in [2.05, 4.69) is 0 Å². The van der Waals surface area contributed by atoms with Gasteiger partial charge in [-0.15, -0.1) is 0 Å². The lowest BCUT2D eigenvalue weighted by molar-refractivity contribution is 0.237. The number of anilines is 1. The van der Waals surface area contributed by atoms with Gasteiger partial charge in [-0.05, 0) is 51.0 Å². The molecule has 0 spiro atoms. The zero-order valence-electron chi connectivity index (χ0n) is 21.8. The van der Waals surface area contributed by atoms with E-state index in [4.69, 9.17) is 9.47 Å². The van der Waals surface area contributed by atoms with Crippen LogP contribution in [0.15, 0.2) is 53.3 Å². The number of imidazole rings is 1. The number of rotatable bonds is 7. The molecule has 6 nitrogen and oxygen atoms in total. The number of benzene rings is 3. The molecule has 200 valence electrons. The third-order valence-electron chi connectivity index (χ3n) is 7.00. The van der Waals surface area contributed by atoms with Crippen LogP contribution in [0.25, 0.3) is 11.0 Å². The summed E-state index contributed by atoms with van der Waals surface area (Å²) in [5.74, 6) is -1.37. The van der Waals surface area contributed by atoms with Crippen molar-refractivity contribution >= 4 is 16.7 Å². The number of para-hydroxylation sites is 2. The van der Waals surface area contributed by atoms with E-state index < -0.39 is 11.6 Å². The smallest absolute Gasteiger partial charge is 0.329 e. The third kappa shape index (κ3) is 4.50. The highest BCUT2D eigenvalue weighted by atomic mass is 19.1. The molecule has 1 atom stereocenters. The van der Waals surface area contributed by atoms with Gasteiger partial charge < -0.3 is 14.4 Å². The lowest BCUT2D eigenvalue weighted by Crippen LogP contribution is -2.30. The second-order valence-corrected chi connectivity index (χ2v) is 9.89. The highest BCUT2D eigenvalue weighted by molar-refractivity contribution is 5.83. The van der Waals surface area contributed by atoms with Crippen molar-refractivity contribution in [2.45, 2.75) is 45.9 Å². The summed E-state index contributed by atoms with van der Waals surface area (Å²) < 4.78 is 58.2. The van der Waals surface area contributed by atoms with Gasteiger partial charge in [0, 0.05) is 30.8 Å². The van der Waals surface area contributed by atoms with Gasteiger partial charge in [-0.25, -0.2) is 18.0 Å². The van der Waals surface area contributed by atoms with Crippen molar-refractivity contribution in [3.63, 3.8) is 0 Å². The maximum absolute atomic E-state index is 15.1. The van der Waals surface area contributed by atoms with Crippen molar-refractivity contribution in [1.82, 2.24) is 9.13 Å². The quantitative estimate of drug-likeness (QED) is 0.305. The summed E-state index contributed by atoms with van der Waals surface area (Å²) in [5, 5.41) is 0. The first-order chi connectivity index (χ1) is 18.2. The first-order valence-electron chi connectivity index (χ1n) is 12.6. The average molecular weight is 526 g/mol. The van der Waals surface area contributed by atoms with Crippen LogP contribution in [0.2, 0.25) is 0 Å². The molecule has 38 heavy (non-hydrogen) atoms. The van der Waals surface area contributed by atoms with E-state index in [0.29, 0.717) is 42.0 Å². The summed E-state index contributed by atoms with van der Waals surface area (Å²) in [6.45, 7) is 6.22. The first-order valence-corrected chi connectivity index (χ1v) is 12.6. The van der Waals surface area contributed by atoms with Crippen molar-refractivity contribution in [2.24, 2.45) is 0 Å². The van der Waals surface area contributed by atoms with Gasteiger partial charge in [-0.2, -0.15) is 0 Å². The normalized spacial score (nSPS) is 15.6. The fourth-order valence-corrected chi connectivity index (χ4v) is 5.40. The summed E-state index contributed by atoms with van der Waals surface area (Å²) in [5.41, 5.74) is 2.20. The Bertz CT molecular complexity index is 1540. The van der Waals surface area contributed by atoms with E-state index in [-0.39, 0.29) is 41.5 Å². The van der Waals surface area contributed by atoms with Crippen molar-refractivity contribution < 1.29 is 22.6 Å². The average Bonchev–Trinajstić information content (AvgIpc) is 3.42. The molecule has 3 aromatic carbocycles. The molecule has 1 aliphatic heterocycles. The van der Waals surface area contributed by atoms with Gasteiger partial charge in [0.2, 0.25) is 0 Å². The van der Waals surface area contributed by atoms with Crippen molar-refractivity contribution in [2.75, 3.05) is 25.1 Å². The number of methoxy groups -OCH3 is 1. The molecule has 1 aromatic heterocycles. The highest BCUT2D eigenvalue weighted by Crippen LogP contribution is 2.35. The number of ether oxygens (including phenoxy) is 2. The van der Waals surface area contributed by atoms with Crippen LogP contribution >= 0.6 is 0 Å². The minimum atomic E-state index is -0.801. The Balaban J connectivity index is 1.62. The monoisotopic (exact) mass is 525 g/mol. The zero-order chi connectivity index (χ0) is 27.1. The fraction of sp³-hybridized carbons (Fsp3) is 0.345. The molecule has 0 saturated carbocycles. The van der Waals surface area contributed by atoms with Gasteiger partial charge in [-0.3, -0.25) is 9.13 Å². The number of aromatic nitrogens is 2. The van der Waals surface area contributed by atoms with Crippen LogP contribution in [0.3, 0.4) is 0 Å². The Hall–Kier alpha value is -3.88. The van der Waals surface area contributed by atoms with Gasteiger partial charge >= 0.3 is 5.69 Å². The first kappa shape index (κ1) is 25.8. The van der Waals surface area contributed by atoms with Crippen molar-refractivity contribution in [3.8, 4) is 11.5 Å². The Labute approximate surface area is 218 Å². The van der Waals surface area contributed by atoms with Crippen molar-refractivity contribution in [3.05, 3.63) is 87.6 Å². The Morgan fingerprint density at radius 1 is 1.03 bits per heavy atom. The van der Waals surface area contributed by atoms with E-state index >= 15 is 4.39 Å². The number of halogens is 3. The van der Waals surface area contributed by atoms with Crippen molar-refractivity contribution in [1.29, 1.82) is 0 Å². The zero-order valence-corrected chi connectivity index (χ0v) is 21.8. The predicted octanol–water partition coefficient (Wildman–Crippen LogP) is 5.82. The second kappa shape index (κ2) is 10.1. The standard InChI is InChI=1S/C29H30F3N3O3/c1-17(2)38-26-14-19(30)13-23(32)21(26)16-34-28-24(9-6-10-25(28)37-4)35(29(34)36)20-11-12-33(15-20)27-18(3)7-5-8-22(27)31/h5-10,13-14,17,20H,11-12,15-16H2,1-4H3/t20-/m1/s1. The minimum Gasteiger partial charge on any atom is -0.494 e. The predicted molar refractivity (Wildman–Crippen MR) is 141 cm³/mol. The Morgan fingerprint density at radius 2 is 1.79 bits per heavy atom. The van der Waals surface area contributed by atoms with E-state index in [1.807, 2.05) is 24.0 Å². The molecule has 2 heterocycles. The molecule has 1 saturated heterocycles. The van der Waals surface area contributed by atoms with Crippen LogP contribution < -0.4 is 20.1 Å².